The Balaban J connectivity index is 3.11. The second-order valence-electron chi connectivity index (χ2n) is 2.38. The first kappa shape index (κ1) is 10.5. The molecule has 1 rings (SSSR count). The van der Waals surface area contributed by atoms with Crippen molar-refractivity contribution in [2.75, 3.05) is 0 Å². The van der Waals surface area contributed by atoms with Crippen molar-refractivity contribution < 1.29 is 0 Å². The molecule has 0 N–H and O–H groups in total. The fourth-order valence-corrected chi connectivity index (χ4v) is 1.25. The lowest BCUT2D eigenvalue weighted by Gasteiger charge is -2.01. The Hall–Kier alpha value is -0.610. The fourth-order valence-electron chi connectivity index (χ4n) is 0.793. The van der Waals surface area contributed by atoms with E-state index in [2.05, 4.69) is 20.9 Å². The Morgan fingerprint density at radius 1 is 1.77 bits per heavy atom. The van der Waals surface area contributed by atoms with Crippen molar-refractivity contribution in [2.45, 2.75) is 13.5 Å². The normalized spacial score (nSPS) is 11.0. The summed E-state index contributed by atoms with van der Waals surface area (Å²) < 4.78 is 1.77. The first-order valence-electron chi connectivity index (χ1n) is 3.68. The second kappa shape index (κ2) is 4.58. The molecule has 3 nitrogen and oxygen atoms in total. The van der Waals surface area contributed by atoms with Crippen LogP contribution in [0.1, 0.15) is 6.92 Å². The van der Waals surface area contributed by atoms with Crippen LogP contribution in [-0.2, 0) is 6.54 Å². The number of halogens is 2. The van der Waals surface area contributed by atoms with Gasteiger partial charge in [-0.05, 0) is 22.9 Å². The van der Waals surface area contributed by atoms with Gasteiger partial charge in [0.15, 0.2) is 5.15 Å². The van der Waals surface area contributed by atoms with E-state index in [0.717, 1.165) is 0 Å². The highest BCUT2D eigenvalue weighted by molar-refractivity contribution is 9.10. The van der Waals surface area contributed by atoms with Crippen molar-refractivity contribution >= 4 is 27.5 Å². The monoisotopic (exact) mass is 262 g/mol. The molecule has 0 saturated carbocycles. The van der Waals surface area contributed by atoms with Crippen LogP contribution in [0, 0.1) is 0 Å². The molecule has 13 heavy (non-hydrogen) atoms. The summed E-state index contributed by atoms with van der Waals surface area (Å²) in [5.74, 6) is 0. The number of nitrogens with zero attached hydrogens (tertiary/aromatic N) is 2. The van der Waals surface area contributed by atoms with Crippen LogP contribution in [0.4, 0.5) is 0 Å². The van der Waals surface area contributed by atoms with Crippen LogP contribution in [0.15, 0.2) is 27.7 Å². The zero-order valence-corrected chi connectivity index (χ0v) is 9.34. The van der Waals surface area contributed by atoms with E-state index < -0.39 is 0 Å². The molecule has 0 aliphatic heterocycles. The highest BCUT2D eigenvalue weighted by atomic mass is 79.9. The summed E-state index contributed by atoms with van der Waals surface area (Å²) in [6.45, 7) is 2.40. The summed E-state index contributed by atoms with van der Waals surface area (Å²) in [6.07, 6.45) is 5.16. The molecule has 70 valence electrons. The van der Waals surface area contributed by atoms with Gasteiger partial charge in [0, 0.05) is 6.54 Å². The standard InChI is InChI=1S/C8H8BrClN2O/c1-2-3-4-12-5-11-7(10)6(9)8(12)13/h2-3,5H,4H2,1H3/b3-2+. The van der Waals surface area contributed by atoms with E-state index in [1.807, 2.05) is 19.1 Å². The van der Waals surface area contributed by atoms with Gasteiger partial charge >= 0.3 is 0 Å². The van der Waals surface area contributed by atoms with E-state index in [9.17, 15) is 4.79 Å². The lowest BCUT2D eigenvalue weighted by molar-refractivity contribution is 0.747. The zero-order valence-electron chi connectivity index (χ0n) is 7.00. The molecule has 0 radical (unpaired) electrons. The van der Waals surface area contributed by atoms with Gasteiger partial charge in [-0.15, -0.1) is 0 Å². The summed E-state index contributed by atoms with van der Waals surface area (Å²) in [7, 11) is 0. The Bertz CT molecular complexity index is 386. The maximum Gasteiger partial charge on any atom is 0.269 e. The van der Waals surface area contributed by atoms with Gasteiger partial charge in [0.25, 0.3) is 5.56 Å². The first-order valence-corrected chi connectivity index (χ1v) is 4.85. The Labute approximate surface area is 89.2 Å². The van der Waals surface area contributed by atoms with Crippen LogP contribution in [-0.4, -0.2) is 9.55 Å². The molecule has 5 heteroatoms. The summed E-state index contributed by atoms with van der Waals surface area (Å²) >= 11 is 8.70. The third-order valence-corrected chi connectivity index (χ3v) is 2.71. The molecule has 0 amide bonds. The molecule has 0 aliphatic rings. The average Bonchev–Trinajstić information content (AvgIpc) is 2.13. The minimum atomic E-state index is -0.168. The zero-order chi connectivity index (χ0) is 9.84. The van der Waals surface area contributed by atoms with Gasteiger partial charge in [-0.1, -0.05) is 23.8 Å². The van der Waals surface area contributed by atoms with Gasteiger partial charge in [0.2, 0.25) is 0 Å². The van der Waals surface area contributed by atoms with Crippen LogP contribution < -0.4 is 5.56 Å². The summed E-state index contributed by atoms with van der Waals surface area (Å²) in [5.41, 5.74) is -0.168. The Morgan fingerprint density at radius 3 is 3.08 bits per heavy atom. The van der Waals surface area contributed by atoms with Gasteiger partial charge in [0.1, 0.15) is 4.47 Å². The predicted octanol–water partition coefficient (Wildman–Crippen LogP) is 2.24. The topological polar surface area (TPSA) is 34.9 Å². The van der Waals surface area contributed by atoms with Crippen molar-refractivity contribution in [1.29, 1.82) is 0 Å². The Kier molecular flexibility index (Phi) is 3.69. The van der Waals surface area contributed by atoms with E-state index in [1.54, 1.807) is 0 Å². The third-order valence-electron chi connectivity index (χ3n) is 1.48. The van der Waals surface area contributed by atoms with Gasteiger partial charge in [-0.3, -0.25) is 9.36 Å². The van der Waals surface area contributed by atoms with Crippen LogP contribution >= 0.6 is 27.5 Å². The van der Waals surface area contributed by atoms with Crippen molar-refractivity contribution in [2.24, 2.45) is 0 Å². The van der Waals surface area contributed by atoms with Gasteiger partial charge < -0.3 is 0 Å². The largest absolute Gasteiger partial charge is 0.294 e. The first-order chi connectivity index (χ1) is 6.16. The fraction of sp³-hybridized carbons (Fsp3) is 0.250. The number of rotatable bonds is 2. The lowest BCUT2D eigenvalue weighted by atomic mass is 10.5. The molecule has 0 spiro atoms. The Morgan fingerprint density at radius 2 is 2.46 bits per heavy atom. The summed E-state index contributed by atoms with van der Waals surface area (Å²) in [6, 6.07) is 0. The van der Waals surface area contributed by atoms with Gasteiger partial charge in [0.05, 0.1) is 6.33 Å². The highest BCUT2D eigenvalue weighted by Gasteiger charge is 2.04. The van der Waals surface area contributed by atoms with Crippen LogP contribution in [0.25, 0.3) is 0 Å². The maximum atomic E-state index is 11.5. The quantitative estimate of drug-likeness (QED) is 0.606. The predicted molar refractivity (Wildman–Crippen MR) is 56.0 cm³/mol. The molecule has 0 saturated heterocycles. The number of hydrogen-bond acceptors (Lipinski definition) is 2. The molecule has 0 bridgehead atoms. The van der Waals surface area contributed by atoms with Gasteiger partial charge in [-0.25, -0.2) is 4.98 Å². The van der Waals surface area contributed by atoms with Crippen molar-refractivity contribution in [3.05, 3.63) is 38.5 Å². The highest BCUT2D eigenvalue weighted by Crippen LogP contribution is 2.13. The summed E-state index contributed by atoms with van der Waals surface area (Å²) in [4.78, 5) is 15.3. The minimum absolute atomic E-state index is 0.168. The van der Waals surface area contributed by atoms with Crippen LogP contribution in [0.5, 0.6) is 0 Å². The van der Waals surface area contributed by atoms with Gasteiger partial charge in [-0.2, -0.15) is 0 Å². The smallest absolute Gasteiger partial charge is 0.269 e. The molecular formula is C8H8BrClN2O. The molecular weight excluding hydrogens is 255 g/mol. The second-order valence-corrected chi connectivity index (χ2v) is 3.53. The number of allylic oxidation sites excluding steroid dienone is 2. The van der Waals surface area contributed by atoms with Crippen molar-refractivity contribution in [3.63, 3.8) is 0 Å². The van der Waals surface area contributed by atoms with Crippen LogP contribution in [0.3, 0.4) is 0 Å². The van der Waals surface area contributed by atoms with Crippen LogP contribution in [0.2, 0.25) is 5.15 Å². The number of aromatic nitrogens is 2. The molecule has 1 aromatic heterocycles. The van der Waals surface area contributed by atoms with E-state index in [1.165, 1.54) is 10.9 Å². The van der Waals surface area contributed by atoms with Crippen molar-refractivity contribution in [3.8, 4) is 0 Å². The molecule has 1 aromatic rings. The molecule has 0 fully saturated rings. The molecule has 0 atom stereocenters. The maximum absolute atomic E-state index is 11.5. The molecule has 0 unspecified atom stereocenters. The van der Waals surface area contributed by atoms with E-state index in [-0.39, 0.29) is 10.7 Å². The lowest BCUT2D eigenvalue weighted by Crippen LogP contribution is -2.20. The van der Waals surface area contributed by atoms with Crippen molar-refractivity contribution in [1.82, 2.24) is 9.55 Å². The molecule has 0 aliphatic carbocycles. The van der Waals surface area contributed by atoms with E-state index >= 15 is 0 Å². The summed E-state index contributed by atoms with van der Waals surface area (Å²) in [5, 5.41) is 0.196. The SMILES string of the molecule is C/C=C/Cn1cnc(Cl)c(Br)c1=O. The minimum Gasteiger partial charge on any atom is -0.294 e. The number of hydrogen-bond donors (Lipinski definition) is 0. The average molecular weight is 264 g/mol. The molecule has 0 aromatic carbocycles. The van der Waals surface area contributed by atoms with E-state index in [0.29, 0.717) is 11.0 Å². The molecule has 1 heterocycles. The third kappa shape index (κ3) is 2.42. The van der Waals surface area contributed by atoms with E-state index in [4.69, 9.17) is 11.6 Å².